The van der Waals surface area contributed by atoms with E-state index in [4.69, 9.17) is 0 Å². The number of aromatic nitrogens is 1. The van der Waals surface area contributed by atoms with Crippen LogP contribution < -0.4 is 10.6 Å². The minimum atomic E-state index is -0.663. The fourth-order valence-corrected chi connectivity index (χ4v) is 5.69. The SMILES string of the molecule is CC1CC(C)CN(C(C)(C)CNC(=O)C(Cc2c[nH]c3ccccc23)NC(=O)c2cccs2)C1. The largest absolute Gasteiger partial charge is 0.361 e. The van der Waals surface area contributed by atoms with E-state index in [-0.39, 0.29) is 17.4 Å². The Bertz CT molecular complexity index is 1110. The second-order valence-electron chi connectivity index (χ2n) is 10.4. The molecule has 6 nitrogen and oxygen atoms in total. The number of thiophene rings is 1. The third-order valence-electron chi connectivity index (χ3n) is 6.89. The van der Waals surface area contributed by atoms with Gasteiger partial charge in [0.05, 0.1) is 4.88 Å². The Hall–Kier alpha value is -2.64. The van der Waals surface area contributed by atoms with Crippen LogP contribution in [0.5, 0.6) is 0 Å². The van der Waals surface area contributed by atoms with Crippen molar-refractivity contribution in [3.8, 4) is 0 Å². The standard InChI is InChI=1S/C27H36N4O2S/c1-18-12-19(2)16-31(15-18)27(3,4)17-29-25(32)23(30-26(33)24-10-7-11-34-24)13-20-14-28-22-9-6-5-8-21(20)22/h5-11,14,18-19,23,28H,12-13,15-17H2,1-4H3,(H,29,32)(H,30,33). The predicted octanol–water partition coefficient (Wildman–Crippen LogP) is 4.44. The highest BCUT2D eigenvalue weighted by Gasteiger charge is 2.34. The van der Waals surface area contributed by atoms with Gasteiger partial charge in [-0.25, -0.2) is 0 Å². The first-order valence-corrected chi connectivity index (χ1v) is 13.0. The van der Waals surface area contributed by atoms with Crippen LogP contribution in [-0.4, -0.2) is 52.9 Å². The second kappa shape index (κ2) is 10.3. The summed E-state index contributed by atoms with van der Waals surface area (Å²) >= 11 is 1.38. The first-order chi connectivity index (χ1) is 16.2. The highest BCUT2D eigenvalue weighted by Crippen LogP contribution is 2.27. The molecule has 0 bridgehead atoms. The third kappa shape index (κ3) is 5.70. The average molecular weight is 481 g/mol. The third-order valence-corrected chi connectivity index (χ3v) is 7.75. The van der Waals surface area contributed by atoms with Gasteiger partial charge in [0.15, 0.2) is 0 Å². The van der Waals surface area contributed by atoms with Gasteiger partial charge in [-0.05, 0) is 55.2 Å². The van der Waals surface area contributed by atoms with Crippen molar-refractivity contribution >= 4 is 34.1 Å². The normalized spacial score (nSPS) is 20.2. The number of benzene rings is 1. The van der Waals surface area contributed by atoms with E-state index < -0.39 is 6.04 Å². The molecule has 0 radical (unpaired) electrons. The van der Waals surface area contributed by atoms with E-state index in [1.54, 1.807) is 6.07 Å². The predicted molar refractivity (Wildman–Crippen MR) is 139 cm³/mol. The maximum Gasteiger partial charge on any atom is 0.262 e. The van der Waals surface area contributed by atoms with Crippen LogP contribution in [0, 0.1) is 11.8 Å². The summed E-state index contributed by atoms with van der Waals surface area (Å²) in [6.07, 6.45) is 3.61. The van der Waals surface area contributed by atoms with Crippen molar-refractivity contribution in [1.82, 2.24) is 20.5 Å². The smallest absolute Gasteiger partial charge is 0.262 e. The number of likely N-dealkylation sites (tertiary alicyclic amines) is 1. The number of piperidine rings is 1. The van der Waals surface area contributed by atoms with Crippen LogP contribution in [0.1, 0.15) is 49.4 Å². The number of hydrogen-bond acceptors (Lipinski definition) is 4. The lowest BCUT2D eigenvalue weighted by Gasteiger charge is -2.45. The van der Waals surface area contributed by atoms with Crippen molar-refractivity contribution in [2.75, 3.05) is 19.6 Å². The summed E-state index contributed by atoms with van der Waals surface area (Å²) in [7, 11) is 0. The highest BCUT2D eigenvalue weighted by molar-refractivity contribution is 7.12. The van der Waals surface area contributed by atoms with E-state index in [0.29, 0.717) is 29.7 Å². The molecule has 0 saturated carbocycles. The van der Waals surface area contributed by atoms with Crippen LogP contribution >= 0.6 is 11.3 Å². The average Bonchev–Trinajstić information content (AvgIpc) is 3.47. The zero-order valence-corrected chi connectivity index (χ0v) is 21.4. The minimum Gasteiger partial charge on any atom is -0.361 e. The number of rotatable bonds is 8. The number of amides is 2. The molecule has 34 heavy (non-hydrogen) atoms. The molecule has 3 heterocycles. The molecule has 0 spiro atoms. The number of para-hydroxylation sites is 1. The number of nitrogens with zero attached hydrogens (tertiary/aromatic N) is 1. The van der Waals surface area contributed by atoms with E-state index in [2.05, 4.69) is 48.2 Å². The number of hydrogen-bond donors (Lipinski definition) is 3. The molecule has 1 aromatic carbocycles. The number of nitrogens with one attached hydrogen (secondary N) is 3. The Kier molecular flexibility index (Phi) is 7.43. The molecule has 1 saturated heterocycles. The summed E-state index contributed by atoms with van der Waals surface area (Å²) in [6, 6.07) is 11.0. The van der Waals surface area contributed by atoms with Crippen LogP contribution in [0.25, 0.3) is 10.9 Å². The molecule has 1 aliphatic rings. The van der Waals surface area contributed by atoms with Crippen LogP contribution in [-0.2, 0) is 11.2 Å². The Labute approximate surface area is 206 Å². The van der Waals surface area contributed by atoms with Gasteiger partial charge in [0, 0.05) is 48.7 Å². The molecule has 3 N–H and O–H groups in total. The van der Waals surface area contributed by atoms with Gasteiger partial charge in [-0.15, -0.1) is 11.3 Å². The summed E-state index contributed by atoms with van der Waals surface area (Å²) < 4.78 is 0. The summed E-state index contributed by atoms with van der Waals surface area (Å²) in [6.45, 7) is 11.6. The molecule has 0 aliphatic carbocycles. The lowest BCUT2D eigenvalue weighted by molar-refractivity contribution is -0.123. The van der Waals surface area contributed by atoms with Gasteiger partial charge in [0.1, 0.15) is 6.04 Å². The van der Waals surface area contributed by atoms with Crippen molar-refractivity contribution < 1.29 is 9.59 Å². The quantitative estimate of drug-likeness (QED) is 0.446. The van der Waals surface area contributed by atoms with E-state index in [9.17, 15) is 9.59 Å². The Balaban J connectivity index is 1.48. The molecule has 1 aliphatic heterocycles. The van der Waals surface area contributed by atoms with Gasteiger partial charge in [-0.3, -0.25) is 14.5 Å². The van der Waals surface area contributed by atoms with Crippen LogP contribution in [0.3, 0.4) is 0 Å². The van der Waals surface area contributed by atoms with Crippen LogP contribution in [0.4, 0.5) is 0 Å². The molecule has 4 rings (SSSR count). The van der Waals surface area contributed by atoms with Crippen molar-refractivity contribution in [2.24, 2.45) is 11.8 Å². The number of carbonyl (C=O) groups is 2. The Morgan fingerprint density at radius 1 is 1.15 bits per heavy atom. The lowest BCUT2D eigenvalue weighted by Crippen LogP contribution is -2.58. The molecule has 7 heteroatoms. The van der Waals surface area contributed by atoms with E-state index in [0.717, 1.165) is 29.6 Å². The fourth-order valence-electron chi connectivity index (χ4n) is 5.06. The lowest BCUT2D eigenvalue weighted by atomic mass is 9.88. The van der Waals surface area contributed by atoms with E-state index >= 15 is 0 Å². The molecule has 3 atom stereocenters. The summed E-state index contributed by atoms with van der Waals surface area (Å²) in [5.41, 5.74) is 1.87. The minimum absolute atomic E-state index is 0.152. The van der Waals surface area contributed by atoms with Crippen molar-refractivity contribution in [3.05, 3.63) is 58.4 Å². The molecular weight excluding hydrogens is 444 g/mol. The molecule has 182 valence electrons. The van der Waals surface area contributed by atoms with E-state index in [1.165, 1.54) is 17.8 Å². The molecule has 3 unspecified atom stereocenters. The highest BCUT2D eigenvalue weighted by atomic mass is 32.1. The molecule has 1 fully saturated rings. The van der Waals surface area contributed by atoms with Gasteiger partial charge in [0.2, 0.25) is 5.91 Å². The number of carbonyl (C=O) groups excluding carboxylic acids is 2. The molecule has 2 amide bonds. The number of fused-ring (bicyclic) bond motifs is 1. The first-order valence-electron chi connectivity index (χ1n) is 12.1. The van der Waals surface area contributed by atoms with E-state index in [1.807, 2.05) is 41.9 Å². The zero-order chi connectivity index (χ0) is 24.3. The summed E-state index contributed by atoms with van der Waals surface area (Å²) in [5, 5.41) is 9.08. The zero-order valence-electron chi connectivity index (χ0n) is 20.6. The van der Waals surface area contributed by atoms with Crippen molar-refractivity contribution in [1.29, 1.82) is 0 Å². The van der Waals surface area contributed by atoms with Crippen molar-refractivity contribution in [3.63, 3.8) is 0 Å². The number of aromatic amines is 1. The molecule has 3 aromatic rings. The monoisotopic (exact) mass is 480 g/mol. The van der Waals surface area contributed by atoms with Crippen LogP contribution in [0.15, 0.2) is 48.0 Å². The summed E-state index contributed by atoms with van der Waals surface area (Å²) in [5.74, 6) is 0.936. The van der Waals surface area contributed by atoms with Gasteiger partial charge < -0.3 is 15.6 Å². The number of H-pyrrole nitrogens is 1. The second-order valence-corrected chi connectivity index (χ2v) is 11.4. The topological polar surface area (TPSA) is 77.2 Å². The fraction of sp³-hybridized carbons (Fsp3) is 0.481. The van der Waals surface area contributed by atoms with Gasteiger partial charge in [0.25, 0.3) is 5.91 Å². The molecular formula is C27H36N4O2S. The Morgan fingerprint density at radius 2 is 1.88 bits per heavy atom. The first kappa shape index (κ1) is 24.5. The van der Waals surface area contributed by atoms with Gasteiger partial charge in [-0.1, -0.05) is 38.1 Å². The van der Waals surface area contributed by atoms with Crippen LogP contribution in [0.2, 0.25) is 0 Å². The maximum absolute atomic E-state index is 13.4. The maximum atomic E-state index is 13.4. The summed E-state index contributed by atoms with van der Waals surface area (Å²) in [4.78, 5) is 32.6. The van der Waals surface area contributed by atoms with Gasteiger partial charge >= 0.3 is 0 Å². The van der Waals surface area contributed by atoms with Gasteiger partial charge in [-0.2, -0.15) is 0 Å². The van der Waals surface area contributed by atoms with Crippen molar-refractivity contribution in [2.45, 2.75) is 52.1 Å². The molecule has 2 aromatic heterocycles. The Morgan fingerprint density at radius 3 is 2.59 bits per heavy atom.